The number of halogens is 1. The molecule has 4 nitrogen and oxygen atoms in total. The lowest BCUT2D eigenvalue weighted by Crippen LogP contribution is -2.28. The standard InChI is InChI=1S/C17H19ClN2O2/c1-2-10-22-16-9-8-14(11-15(16)18)20-17(21)19-12-13-6-4-3-5-7-13/h3-9,11H,2,10,12H2,1H3,(H2,19,20,21). The minimum Gasteiger partial charge on any atom is -0.492 e. The summed E-state index contributed by atoms with van der Waals surface area (Å²) in [6.45, 7) is 3.11. The third-order valence-corrected chi connectivity index (χ3v) is 3.24. The van der Waals surface area contributed by atoms with E-state index in [-0.39, 0.29) is 6.03 Å². The molecule has 0 aromatic heterocycles. The van der Waals surface area contributed by atoms with Gasteiger partial charge in [0.25, 0.3) is 0 Å². The molecule has 2 aromatic carbocycles. The minimum absolute atomic E-state index is 0.276. The van der Waals surface area contributed by atoms with Crippen molar-refractivity contribution in [3.63, 3.8) is 0 Å². The van der Waals surface area contributed by atoms with Crippen molar-refractivity contribution in [2.24, 2.45) is 0 Å². The molecule has 0 saturated heterocycles. The number of amides is 2. The Balaban J connectivity index is 1.87. The van der Waals surface area contributed by atoms with Crippen molar-refractivity contribution in [1.29, 1.82) is 0 Å². The Morgan fingerprint density at radius 2 is 1.95 bits per heavy atom. The van der Waals surface area contributed by atoms with Gasteiger partial charge in [0, 0.05) is 12.2 Å². The van der Waals surface area contributed by atoms with Gasteiger partial charge in [-0.2, -0.15) is 0 Å². The van der Waals surface area contributed by atoms with E-state index in [2.05, 4.69) is 10.6 Å². The molecule has 0 heterocycles. The van der Waals surface area contributed by atoms with Crippen molar-refractivity contribution in [1.82, 2.24) is 5.32 Å². The van der Waals surface area contributed by atoms with Crippen molar-refractivity contribution in [3.8, 4) is 5.75 Å². The number of ether oxygens (including phenoxy) is 1. The van der Waals surface area contributed by atoms with Gasteiger partial charge in [-0.15, -0.1) is 0 Å². The summed E-state index contributed by atoms with van der Waals surface area (Å²) in [6.07, 6.45) is 0.915. The summed E-state index contributed by atoms with van der Waals surface area (Å²) in [6, 6.07) is 14.6. The molecule has 22 heavy (non-hydrogen) atoms. The lowest BCUT2D eigenvalue weighted by molar-refractivity contribution is 0.251. The molecule has 0 aliphatic heterocycles. The Labute approximate surface area is 135 Å². The molecule has 2 amide bonds. The van der Waals surface area contributed by atoms with Crippen molar-refractivity contribution < 1.29 is 9.53 Å². The molecule has 0 aliphatic carbocycles. The van der Waals surface area contributed by atoms with Crippen LogP contribution in [0, 0.1) is 0 Å². The maximum atomic E-state index is 11.9. The first kappa shape index (κ1) is 16.2. The van der Waals surface area contributed by atoms with E-state index >= 15 is 0 Å². The normalized spacial score (nSPS) is 10.1. The molecular weight excluding hydrogens is 300 g/mol. The fourth-order valence-electron chi connectivity index (χ4n) is 1.86. The van der Waals surface area contributed by atoms with Crippen LogP contribution in [0.5, 0.6) is 5.75 Å². The number of anilines is 1. The summed E-state index contributed by atoms with van der Waals surface area (Å²) in [4.78, 5) is 11.9. The van der Waals surface area contributed by atoms with Crippen LogP contribution in [0.25, 0.3) is 0 Å². The molecule has 0 aliphatic rings. The van der Waals surface area contributed by atoms with E-state index in [1.54, 1.807) is 18.2 Å². The number of urea groups is 1. The summed E-state index contributed by atoms with van der Waals surface area (Å²) >= 11 is 6.12. The summed E-state index contributed by atoms with van der Waals surface area (Å²) < 4.78 is 5.49. The number of nitrogens with one attached hydrogen (secondary N) is 2. The molecule has 2 aromatic rings. The van der Waals surface area contributed by atoms with Crippen molar-refractivity contribution in [2.75, 3.05) is 11.9 Å². The van der Waals surface area contributed by atoms with E-state index in [1.807, 2.05) is 37.3 Å². The van der Waals surface area contributed by atoms with Gasteiger partial charge < -0.3 is 15.4 Å². The highest BCUT2D eigenvalue weighted by molar-refractivity contribution is 6.32. The van der Waals surface area contributed by atoms with Gasteiger partial charge >= 0.3 is 6.03 Å². The zero-order valence-electron chi connectivity index (χ0n) is 12.4. The SMILES string of the molecule is CCCOc1ccc(NC(=O)NCc2ccccc2)cc1Cl. The zero-order valence-corrected chi connectivity index (χ0v) is 13.2. The number of carbonyl (C=O) groups excluding carboxylic acids is 1. The van der Waals surface area contributed by atoms with E-state index in [4.69, 9.17) is 16.3 Å². The van der Waals surface area contributed by atoms with Crippen LogP contribution in [0.4, 0.5) is 10.5 Å². The van der Waals surface area contributed by atoms with E-state index in [9.17, 15) is 4.79 Å². The van der Waals surface area contributed by atoms with Gasteiger partial charge in [-0.3, -0.25) is 0 Å². The van der Waals surface area contributed by atoms with Crippen molar-refractivity contribution >= 4 is 23.3 Å². The first-order valence-electron chi connectivity index (χ1n) is 7.20. The first-order chi connectivity index (χ1) is 10.7. The third-order valence-electron chi connectivity index (χ3n) is 2.95. The largest absolute Gasteiger partial charge is 0.492 e. The van der Waals surface area contributed by atoms with Crippen LogP contribution in [0.15, 0.2) is 48.5 Å². The fraction of sp³-hybridized carbons (Fsp3) is 0.235. The van der Waals surface area contributed by atoms with E-state index in [0.29, 0.717) is 29.6 Å². The van der Waals surface area contributed by atoms with E-state index in [1.165, 1.54) is 0 Å². The highest BCUT2D eigenvalue weighted by atomic mass is 35.5. The zero-order chi connectivity index (χ0) is 15.8. The molecule has 5 heteroatoms. The maximum Gasteiger partial charge on any atom is 0.319 e. The number of carbonyl (C=O) groups is 1. The molecule has 0 bridgehead atoms. The van der Waals surface area contributed by atoms with Crippen LogP contribution in [-0.4, -0.2) is 12.6 Å². The summed E-state index contributed by atoms with van der Waals surface area (Å²) in [5.41, 5.74) is 1.67. The van der Waals surface area contributed by atoms with Crippen molar-refractivity contribution in [2.45, 2.75) is 19.9 Å². The Morgan fingerprint density at radius 3 is 2.64 bits per heavy atom. The summed E-state index contributed by atoms with van der Waals surface area (Å²) in [5, 5.41) is 6.02. The third kappa shape index (κ3) is 4.97. The van der Waals surface area contributed by atoms with Gasteiger partial charge in [-0.05, 0) is 30.2 Å². The molecule has 0 atom stereocenters. The van der Waals surface area contributed by atoms with Gasteiger partial charge in [0.15, 0.2) is 0 Å². The summed E-state index contributed by atoms with van der Waals surface area (Å²) in [5.74, 6) is 0.624. The van der Waals surface area contributed by atoms with Crippen LogP contribution in [0.3, 0.4) is 0 Å². The van der Waals surface area contributed by atoms with Crippen LogP contribution in [0.1, 0.15) is 18.9 Å². The second kappa shape index (κ2) is 8.29. The smallest absolute Gasteiger partial charge is 0.319 e. The average Bonchev–Trinajstić information content (AvgIpc) is 2.53. The van der Waals surface area contributed by atoms with E-state index in [0.717, 1.165) is 12.0 Å². The number of hydrogen-bond donors (Lipinski definition) is 2. The maximum absolute atomic E-state index is 11.9. The van der Waals surface area contributed by atoms with E-state index < -0.39 is 0 Å². The number of rotatable bonds is 6. The minimum atomic E-state index is -0.276. The molecule has 0 saturated carbocycles. The summed E-state index contributed by atoms with van der Waals surface area (Å²) in [7, 11) is 0. The highest BCUT2D eigenvalue weighted by Crippen LogP contribution is 2.27. The van der Waals surface area contributed by atoms with Crippen LogP contribution < -0.4 is 15.4 Å². The first-order valence-corrected chi connectivity index (χ1v) is 7.58. The molecule has 0 fully saturated rings. The van der Waals surface area contributed by atoms with Crippen LogP contribution >= 0.6 is 11.6 Å². The van der Waals surface area contributed by atoms with Crippen LogP contribution in [-0.2, 0) is 6.54 Å². The second-order valence-electron chi connectivity index (χ2n) is 4.79. The quantitative estimate of drug-likeness (QED) is 0.826. The molecular formula is C17H19ClN2O2. The lowest BCUT2D eigenvalue weighted by Gasteiger charge is -2.10. The number of hydrogen-bond acceptors (Lipinski definition) is 2. The molecule has 0 spiro atoms. The molecule has 0 radical (unpaired) electrons. The predicted octanol–water partition coefficient (Wildman–Crippen LogP) is 4.45. The van der Waals surface area contributed by atoms with Gasteiger partial charge in [0.1, 0.15) is 5.75 Å². The molecule has 116 valence electrons. The predicted molar refractivity (Wildman–Crippen MR) is 89.5 cm³/mol. The van der Waals surface area contributed by atoms with Crippen LogP contribution in [0.2, 0.25) is 5.02 Å². The number of benzene rings is 2. The molecule has 0 unspecified atom stereocenters. The lowest BCUT2D eigenvalue weighted by atomic mass is 10.2. The van der Waals surface area contributed by atoms with Gasteiger partial charge in [0.05, 0.1) is 11.6 Å². The molecule has 2 rings (SSSR count). The Hall–Kier alpha value is -2.20. The topological polar surface area (TPSA) is 50.4 Å². The second-order valence-corrected chi connectivity index (χ2v) is 5.19. The van der Waals surface area contributed by atoms with Crippen molar-refractivity contribution in [3.05, 3.63) is 59.1 Å². The Morgan fingerprint density at radius 1 is 1.18 bits per heavy atom. The van der Waals surface area contributed by atoms with Gasteiger partial charge in [0.2, 0.25) is 0 Å². The highest BCUT2D eigenvalue weighted by Gasteiger charge is 2.06. The Bertz CT molecular complexity index is 617. The van der Waals surface area contributed by atoms with Gasteiger partial charge in [-0.1, -0.05) is 48.9 Å². The van der Waals surface area contributed by atoms with Gasteiger partial charge in [-0.25, -0.2) is 4.79 Å². The average molecular weight is 319 g/mol. The monoisotopic (exact) mass is 318 g/mol. The fourth-order valence-corrected chi connectivity index (χ4v) is 2.10. The molecule has 2 N–H and O–H groups in total. The Kier molecular flexibility index (Phi) is 6.10.